The molecule has 94 valence electrons. The zero-order chi connectivity index (χ0) is 12.8. The molecule has 0 bridgehead atoms. The number of fused-ring (bicyclic) bond motifs is 1. The second kappa shape index (κ2) is 6.56. The van der Waals surface area contributed by atoms with Crippen LogP contribution in [-0.2, 0) is 6.42 Å². The van der Waals surface area contributed by atoms with Gasteiger partial charge in [-0.25, -0.2) is 9.50 Å². The number of anilines is 1. The molecule has 2 aromatic heterocycles. The van der Waals surface area contributed by atoms with Crippen molar-refractivity contribution in [1.29, 1.82) is 0 Å². The van der Waals surface area contributed by atoms with E-state index in [1.165, 1.54) is 6.33 Å². The maximum Gasteiger partial charge on any atom is 0.152 e. The maximum absolute atomic E-state index is 7.88. The molecule has 2 heterocycles. The Morgan fingerprint density at radius 3 is 2.65 bits per heavy atom. The quantitative estimate of drug-likeness (QED) is 0.890. The molecule has 0 radical (unpaired) electrons. The van der Waals surface area contributed by atoms with Crippen molar-refractivity contribution in [2.24, 2.45) is 0 Å². The molecule has 0 aliphatic carbocycles. The van der Waals surface area contributed by atoms with E-state index in [4.69, 9.17) is 10.8 Å². The number of aromatic nitrogens is 3. The molecule has 2 rings (SSSR count). The molecular formula is C11H17BrN4O. The van der Waals surface area contributed by atoms with Gasteiger partial charge < -0.3 is 10.8 Å². The summed E-state index contributed by atoms with van der Waals surface area (Å²) in [5.41, 5.74) is 7.69. The molecule has 0 saturated heterocycles. The summed E-state index contributed by atoms with van der Waals surface area (Å²) < 4.78 is 2.76. The molecule has 0 aliphatic heterocycles. The highest BCUT2D eigenvalue weighted by molar-refractivity contribution is 9.10. The van der Waals surface area contributed by atoms with Crippen LogP contribution in [0.3, 0.4) is 0 Å². The van der Waals surface area contributed by atoms with Gasteiger partial charge in [-0.3, -0.25) is 0 Å². The number of rotatable bonds is 2. The zero-order valence-corrected chi connectivity index (χ0v) is 11.6. The van der Waals surface area contributed by atoms with Crippen LogP contribution >= 0.6 is 15.9 Å². The van der Waals surface area contributed by atoms with Crippen molar-refractivity contribution in [3.8, 4) is 0 Å². The number of aliphatic hydroxyl groups excluding tert-OH is 1. The highest BCUT2D eigenvalue weighted by Crippen LogP contribution is 2.25. The highest BCUT2D eigenvalue weighted by Gasteiger charge is 2.09. The lowest BCUT2D eigenvalue weighted by atomic mass is 10.3. The number of nitrogens with two attached hydrogens (primary N) is 1. The van der Waals surface area contributed by atoms with Crippen LogP contribution in [0.25, 0.3) is 5.52 Å². The monoisotopic (exact) mass is 300 g/mol. The average molecular weight is 301 g/mol. The van der Waals surface area contributed by atoms with Gasteiger partial charge in [0.25, 0.3) is 0 Å². The second-order valence-electron chi connectivity index (χ2n) is 3.47. The van der Waals surface area contributed by atoms with Crippen molar-refractivity contribution in [3.05, 3.63) is 22.6 Å². The molecule has 3 N–H and O–H groups in total. The summed E-state index contributed by atoms with van der Waals surface area (Å²) >= 11 is 3.43. The van der Waals surface area contributed by atoms with E-state index in [1.807, 2.05) is 17.5 Å². The van der Waals surface area contributed by atoms with Crippen molar-refractivity contribution < 1.29 is 5.11 Å². The van der Waals surface area contributed by atoms with Gasteiger partial charge in [-0.15, -0.1) is 0 Å². The Balaban J connectivity index is 0.000000317. The Hall–Kier alpha value is -1.14. The van der Waals surface area contributed by atoms with Crippen LogP contribution in [0.2, 0.25) is 0 Å². The first-order valence-electron chi connectivity index (χ1n) is 5.53. The van der Waals surface area contributed by atoms with Crippen LogP contribution in [0.5, 0.6) is 0 Å². The number of halogens is 1. The number of aryl methyl sites for hydroxylation is 1. The minimum absolute atomic E-state index is 0.319. The molecule has 0 aromatic carbocycles. The number of hydrogen-bond donors (Lipinski definition) is 2. The third-order valence-corrected chi connectivity index (χ3v) is 2.80. The Bertz CT molecular complexity index is 482. The first-order valence-corrected chi connectivity index (χ1v) is 6.32. The van der Waals surface area contributed by atoms with Crippen molar-refractivity contribution >= 4 is 27.3 Å². The molecule has 0 atom stereocenters. The van der Waals surface area contributed by atoms with Gasteiger partial charge in [0.2, 0.25) is 0 Å². The summed E-state index contributed by atoms with van der Waals surface area (Å²) in [6.07, 6.45) is 3.26. The number of hydrogen-bond acceptors (Lipinski definition) is 4. The van der Waals surface area contributed by atoms with Crippen molar-refractivity contribution in [3.63, 3.8) is 0 Å². The van der Waals surface area contributed by atoms with Crippen LogP contribution in [-0.4, -0.2) is 26.3 Å². The van der Waals surface area contributed by atoms with Crippen molar-refractivity contribution in [2.45, 2.75) is 26.7 Å². The molecule has 0 aliphatic rings. The highest BCUT2D eigenvalue weighted by atomic mass is 79.9. The first kappa shape index (κ1) is 13.9. The molecule has 0 spiro atoms. The molecule has 6 heteroatoms. The SMILES string of the molecule is CCCO.CCc1cc(Br)c2c(N)ncnn12. The molecular weight excluding hydrogens is 284 g/mol. The summed E-state index contributed by atoms with van der Waals surface area (Å²) in [4.78, 5) is 3.93. The molecule has 2 aromatic rings. The predicted molar refractivity (Wildman–Crippen MR) is 71.9 cm³/mol. The van der Waals surface area contributed by atoms with Gasteiger partial charge in [0.05, 0.1) is 0 Å². The van der Waals surface area contributed by atoms with Crippen molar-refractivity contribution in [1.82, 2.24) is 14.6 Å². The summed E-state index contributed by atoms with van der Waals surface area (Å²) in [5.74, 6) is 0.501. The zero-order valence-electron chi connectivity index (χ0n) is 10.0. The molecule has 0 saturated carbocycles. The van der Waals surface area contributed by atoms with Crippen LogP contribution in [0.15, 0.2) is 16.9 Å². The summed E-state index contributed by atoms with van der Waals surface area (Å²) in [5, 5.41) is 12.0. The fourth-order valence-electron chi connectivity index (χ4n) is 1.34. The van der Waals surface area contributed by atoms with E-state index in [0.717, 1.165) is 28.5 Å². The van der Waals surface area contributed by atoms with E-state index in [-0.39, 0.29) is 0 Å². The molecule has 0 amide bonds. The predicted octanol–water partition coefficient (Wildman–Crippen LogP) is 2.03. The fraction of sp³-hybridized carbons (Fsp3) is 0.455. The third-order valence-electron chi connectivity index (χ3n) is 2.20. The van der Waals surface area contributed by atoms with E-state index < -0.39 is 0 Å². The Morgan fingerprint density at radius 1 is 1.47 bits per heavy atom. The van der Waals surface area contributed by atoms with Gasteiger partial charge in [-0.2, -0.15) is 5.10 Å². The minimum Gasteiger partial charge on any atom is -0.396 e. The number of aliphatic hydroxyl groups is 1. The van der Waals surface area contributed by atoms with Gasteiger partial charge >= 0.3 is 0 Å². The Labute approximate surface area is 109 Å². The third kappa shape index (κ3) is 3.17. The standard InChI is InChI=1S/C8H9BrN4.C3H8O/c1-2-5-3-6(9)7-8(10)11-4-12-13(5)7;1-2-3-4/h3-4H,2H2,1H3,(H2,10,11,12);4H,2-3H2,1H3. The number of nitrogens with zero attached hydrogens (tertiary/aromatic N) is 3. The molecule has 17 heavy (non-hydrogen) atoms. The van der Waals surface area contributed by atoms with E-state index in [9.17, 15) is 0 Å². The Kier molecular flexibility index (Phi) is 5.37. The first-order chi connectivity index (χ1) is 8.15. The lowest BCUT2D eigenvalue weighted by molar-refractivity contribution is 0.295. The second-order valence-corrected chi connectivity index (χ2v) is 4.32. The van der Waals surface area contributed by atoms with Crippen LogP contribution in [0.1, 0.15) is 26.0 Å². The Morgan fingerprint density at radius 2 is 2.12 bits per heavy atom. The van der Waals surface area contributed by atoms with Crippen molar-refractivity contribution in [2.75, 3.05) is 12.3 Å². The number of nitrogen functional groups attached to an aromatic ring is 1. The normalized spacial score (nSPS) is 10.1. The molecule has 5 nitrogen and oxygen atoms in total. The van der Waals surface area contributed by atoms with Gasteiger partial charge in [0.15, 0.2) is 5.82 Å². The van der Waals surface area contributed by atoms with Gasteiger partial charge in [-0.1, -0.05) is 13.8 Å². The minimum atomic E-state index is 0.319. The van der Waals surface area contributed by atoms with Crippen LogP contribution < -0.4 is 5.73 Å². The van der Waals surface area contributed by atoms with E-state index in [2.05, 4.69) is 32.9 Å². The van der Waals surface area contributed by atoms with E-state index >= 15 is 0 Å². The van der Waals surface area contributed by atoms with Crippen LogP contribution in [0, 0.1) is 0 Å². The van der Waals surface area contributed by atoms with E-state index in [0.29, 0.717) is 12.4 Å². The molecule has 0 fully saturated rings. The summed E-state index contributed by atoms with van der Waals surface area (Å²) in [6.45, 7) is 4.33. The van der Waals surface area contributed by atoms with Crippen LogP contribution in [0.4, 0.5) is 5.82 Å². The summed E-state index contributed by atoms with van der Waals surface area (Å²) in [7, 11) is 0. The van der Waals surface area contributed by atoms with Gasteiger partial charge in [0.1, 0.15) is 11.8 Å². The lowest BCUT2D eigenvalue weighted by Gasteiger charge is -1.99. The van der Waals surface area contributed by atoms with Gasteiger partial charge in [-0.05, 0) is 34.8 Å². The molecule has 0 unspecified atom stereocenters. The smallest absolute Gasteiger partial charge is 0.152 e. The maximum atomic E-state index is 7.88. The summed E-state index contributed by atoms with van der Waals surface area (Å²) in [6, 6.07) is 2.01. The largest absolute Gasteiger partial charge is 0.396 e. The topological polar surface area (TPSA) is 76.4 Å². The fourth-order valence-corrected chi connectivity index (χ4v) is 1.97. The average Bonchev–Trinajstić information content (AvgIpc) is 2.68. The van der Waals surface area contributed by atoms with Gasteiger partial charge in [0, 0.05) is 16.8 Å². The van der Waals surface area contributed by atoms with E-state index in [1.54, 1.807) is 0 Å². The lowest BCUT2D eigenvalue weighted by Crippen LogP contribution is -2.01.